The average molecular weight is 360 g/mol. The maximum absolute atomic E-state index is 11.9. The standard InChI is InChI=1S/C20H22ClNO3/c1-13-4-5-16(10-14(13)2)11-20(24)25-12-19(23)22-15(3)17-6-8-18(21)9-7-17/h4-10,15H,11-12H2,1-3H3,(H,22,23)/t15-/m1/s1. The van der Waals surface area contributed by atoms with Gasteiger partial charge in [-0.2, -0.15) is 0 Å². The molecule has 1 atom stereocenters. The molecule has 0 aliphatic rings. The fourth-order valence-corrected chi connectivity index (χ4v) is 2.52. The predicted octanol–water partition coefficient (Wildman–Crippen LogP) is 3.92. The van der Waals surface area contributed by atoms with Crippen LogP contribution >= 0.6 is 11.6 Å². The zero-order chi connectivity index (χ0) is 18.4. The number of nitrogens with one attached hydrogen (secondary N) is 1. The van der Waals surface area contributed by atoms with Crippen LogP contribution in [-0.2, 0) is 20.7 Å². The van der Waals surface area contributed by atoms with Crippen molar-refractivity contribution in [3.8, 4) is 0 Å². The Hall–Kier alpha value is -2.33. The second-order valence-corrected chi connectivity index (χ2v) is 6.53. The molecular weight excluding hydrogens is 338 g/mol. The molecule has 0 bridgehead atoms. The quantitative estimate of drug-likeness (QED) is 0.795. The number of hydrogen-bond acceptors (Lipinski definition) is 3. The molecule has 25 heavy (non-hydrogen) atoms. The van der Waals surface area contributed by atoms with Crippen LogP contribution in [0.1, 0.15) is 35.2 Å². The van der Waals surface area contributed by atoms with E-state index in [1.54, 1.807) is 12.1 Å². The first-order valence-electron chi connectivity index (χ1n) is 8.11. The first kappa shape index (κ1) is 19.0. The molecule has 0 aromatic heterocycles. The zero-order valence-corrected chi connectivity index (χ0v) is 15.4. The summed E-state index contributed by atoms with van der Waals surface area (Å²) >= 11 is 5.85. The summed E-state index contributed by atoms with van der Waals surface area (Å²) in [4.78, 5) is 23.8. The number of carbonyl (C=O) groups is 2. The van der Waals surface area contributed by atoms with Crippen molar-refractivity contribution in [2.24, 2.45) is 0 Å². The van der Waals surface area contributed by atoms with E-state index in [-0.39, 0.29) is 25.0 Å². The molecule has 0 saturated heterocycles. The normalized spacial score (nSPS) is 11.7. The molecule has 1 amide bonds. The predicted molar refractivity (Wildman–Crippen MR) is 98.6 cm³/mol. The zero-order valence-electron chi connectivity index (χ0n) is 14.6. The fourth-order valence-electron chi connectivity index (χ4n) is 2.40. The van der Waals surface area contributed by atoms with Gasteiger partial charge in [-0.3, -0.25) is 9.59 Å². The van der Waals surface area contributed by atoms with Crippen LogP contribution in [0.5, 0.6) is 0 Å². The van der Waals surface area contributed by atoms with Crippen LogP contribution in [0.3, 0.4) is 0 Å². The molecule has 5 heteroatoms. The summed E-state index contributed by atoms with van der Waals surface area (Å²) in [6, 6.07) is 12.9. The van der Waals surface area contributed by atoms with E-state index in [1.807, 2.05) is 51.1 Å². The number of carbonyl (C=O) groups excluding carboxylic acids is 2. The molecule has 0 radical (unpaired) electrons. The van der Waals surface area contributed by atoms with Gasteiger partial charge in [0, 0.05) is 5.02 Å². The first-order chi connectivity index (χ1) is 11.8. The summed E-state index contributed by atoms with van der Waals surface area (Å²) < 4.78 is 5.06. The Bertz CT molecular complexity index is 756. The summed E-state index contributed by atoms with van der Waals surface area (Å²) in [6.45, 7) is 5.58. The number of hydrogen-bond donors (Lipinski definition) is 1. The molecule has 0 saturated carbocycles. The van der Waals surface area contributed by atoms with Crippen LogP contribution in [0.15, 0.2) is 42.5 Å². The SMILES string of the molecule is Cc1ccc(CC(=O)OCC(=O)N[C@H](C)c2ccc(Cl)cc2)cc1C. The van der Waals surface area contributed by atoms with Gasteiger partial charge >= 0.3 is 5.97 Å². The van der Waals surface area contributed by atoms with E-state index >= 15 is 0 Å². The van der Waals surface area contributed by atoms with Gasteiger partial charge in [0.25, 0.3) is 5.91 Å². The molecule has 2 aromatic rings. The van der Waals surface area contributed by atoms with Gasteiger partial charge in [-0.1, -0.05) is 41.9 Å². The highest BCUT2D eigenvalue weighted by Crippen LogP contribution is 2.16. The van der Waals surface area contributed by atoms with E-state index < -0.39 is 5.97 Å². The van der Waals surface area contributed by atoms with Gasteiger partial charge in [0.2, 0.25) is 0 Å². The van der Waals surface area contributed by atoms with Gasteiger partial charge in [0.15, 0.2) is 6.61 Å². The third kappa shape index (κ3) is 5.91. The smallest absolute Gasteiger partial charge is 0.310 e. The van der Waals surface area contributed by atoms with Crippen molar-refractivity contribution >= 4 is 23.5 Å². The van der Waals surface area contributed by atoms with Crippen molar-refractivity contribution in [2.75, 3.05) is 6.61 Å². The van der Waals surface area contributed by atoms with Gasteiger partial charge < -0.3 is 10.1 Å². The number of rotatable bonds is 6. The van der Waals surface area contributed by atoms with Gasteiger partial charge in [-0.25, -0.2) is 0 Å². The van der Waals surface area contributed by atoms with Gasteiger partial charge in [0.05, 0.1) is 12.5 Å². The molecule has 2 rings (SSSR count). The third-order valence-electron chi connectivity index (χ3n) is 4.03. The van der Waals surface area contributed by atoms with Crippen LogP contribution in [0.25, 0.3) is 0 Å². The van der Waals surface area contributed by atoms with Gasteiger partial charge in [0.1, 0.15) is 0 Å². The van der Waals surface area contributed by atoms with Crippen molar-refractivity contribution in [1.82, 2.24) is 5.32 Å². The molecule has 2 aromatic carbocycles. The highest BCUT2D eigenvalue weighted by atomic mass is 35.5. The summed E-state index contributed by atoms with van der Waals surface area (Å²) in [7, 11) is 0. The maximum atomic E-state index is 11.9. The first-order valence-corrected chi connectivity index (χ1v) is 8.49. The van der Waals surface area contributed by atoms with E-state index in [4.69, 9.17) is 16.3 Å². The lowest BCUT2D eigenvalue weighted by Gasteiger charge is -2.14. The fraction of sp³-hybridized carbons (Fsp3) is 0.300. The third-order valence-corrected chi connectivity index (χ3v) is 4.28. The second-order valence-electron chi connectivity index (χ2n) is 6.10. The molecular formula is C20H22ClNO3. The molecule has 4 nitrogen and oxygen atoms in total. The molecule has 0 aliphatic carbocycles. The number of esters is 1. The van der Waals surface area contributed by atoms with Crippen molar-refractivity contribution in [3.63, 3.8) is 0 Å². The molecule has 0 fully saturated rings. The minimum absolute atomic E-state index is 0.154. The topological polar surface area (TPSA) is 55.4 Å². The highest BCUT2D eigenvalue weighted by Gasteiger charge is 2.12. The van der Waals surface area contributed by atoms with E-state index in [0.29, 0.717) is 5.02 Å². The van der Waals surface area contributed by atoms with E-state index in [0.717, 1.165) is 16.7 Å². The molecule has 0 heterocycles. The minimum atomic E-state index is -0.419. The van der Waals surface area contributed by atoms with Crippen LogP contribution in [0, 0.1) is 13.8 Å². The Labute approximate surface area is 153 Å². The Morgan fingerprint density at radius 1 is 1.08 bits per heavy atom. The molecule has 0 unspecified atom stereocenters. The number of halogens is 1. The van der Waals surface area contributed by atoms with Crippen LogP contribution < -0.4 is 5.32 Å². The minimum Gasteiger partial charge on any atom is -0.455 e. The van der Waals surface area contributed by atoms with Crippen molar-refractivity contribution < 1.29 is 14.3 Å². The Morgan fingerprint density at radius 3 is 2.40 bits per heavy atom. The summed E-state index contributed by atoms with van der Waals surface area (Å²) in [5.41, 5.74) is 4.11. The lowest BCUT2D eigenvalue weighted by atomic mass is 10.0. The molecule has 1 N–H and O–H groups in total. The molecule has 0 aliphatic heterocycles. The van der Waals surface area contributed by atoms with Gasteiger partial charge in [-0.05, 0) is 55.2 Å². The van der Waals surface area contributed by atoms with Crippen LogP contribution in [-0.4, -0.2) is 18.5 Å². The lowest BCUT2D eigenvalue weighted by Crippen LogP contribution is -2.31. The Kier molecular flexibility index (Phi) is 6.59. The van der Waals surface area contributed by atoms with Crippen molar-refractivity contribution in [2.45, 2.75) is 33.2 Å². The highest BCUT2D eigenvalue weighted by molar-refractivity contribution is 6.30. The monoisotopic (exact) mass is 359 g/mol. The van der Waals surface area contributed by atoms with E-state index in [9.17, 15) is 9.59 Å². The number of aryl methyl sites for hydroxylation is 2. The molecule has 132 valence electrons. The van der Waals surface area contributed by atoms with E-state index in [1.165, 1.54) is 5.56 Å². The number of ether oxygens (including phenoxy) is 1. The second kappa shape index (κ2) is 8.67. The summed E-state index contributed by atoms with van der Waals surface area (Å²) in [5.74, 6) is -0.756. The largest absolute Gasteiger partial charge is 0.455 e. The van der Waals surface area contributed by atoms with Crippen LogP contribution in [0.2, 0.25) is 5.02 Å². The van der Waals surface area contributed by atoms with Gasteiger partial charge in [-0.15, -0.1) is 0 Å². The van der Waals surface area contributed by atoms with Crippen LogP contribution in [0.4, 0.5) is 0 Å². The Morgan fingerprint density at radius 2 is 1.76 bits per heavy atom. The maximum Gasteiger partial charge on any atom is 0.310 e. The number of amides is 1. The molecule has 0 spiro atoms. The Balaban J connectivity index is 1.79. The van der Waals surface area contributed by atoms with Crippen molar-refractivity contribution in [1.29, 1.82) is 0 Å². The van der Waals surface area contributed by atoms with E-state index in [2.05, 4.69) is 5.32 Å². The van der Waals surface area contributed by atoms with Crippen molar-refractivity contribution in [3.05, 3.63) is 69.7 Å². The number of benzene rings is 2. The summed E-state index contributed by atoms with van der Waals surface area (Å²) in [5, 5.41) is 3.43. The average Bonchev–Trinajstić information content (AvgIpc) is 2.57. The lowest BCUT2D eigenvalue weighted by molar-refractivity contribution is -0.148. The summed E-state index contributed by atoms with van der Waals surface area (Å²) in [6.07, 6.45) is 0.154.